The van der Waals surface area contributed by atoms with E-state index in [9.17, 15) is 0 Å². The fraction of sp³-hybridized carbons (Fsp3) is 0.0769. The molecule has 0 saturated carbocycles. The average molecular weight is 288 g/mol. The van der Waals surface area contributed by atoms with Gasteiger partial charge in [-0.05, 0) is 24.3 Å². The lowest BCUT2D eigenvalue weighted by atomic mass is 10.1. The van der Waals surface area contributed by atoms with E-state index < -0.39 is 0 Å². The molecule has 0 aliphatic carbocycles. The summed E-state index contributed by atoms with van der Waals surface area (Å²) in [6.45, 7) is 0. The van der Waals surface area contributed by atoms with Crippen molar-refractivity contribution in [2.75, 3.05) is 7.11 Å². The standard InChI is InChI=1S/C13H10ClN5O/c1-20-11-2-3-12-9(5-11)4-10(13(14)18-12)6-17-19-7-15-16-8-19/h2-8H,1H3/b17-6-. The summed E-state index contributed by atoms with van der Waals surface area (Å²) in [5.74, 6) is 0.767. The zero-order valence-corrected chi connectivity index (χ0v) is 11.3. The van der Waals surface area contributed by atoms with Crippen molar-refractivity contribution < 1.29 is 4.74 Å². The van der Waals surface area contributed by atoms with Crippen molar-refractivity contribution in [1.82, 2.24) is 19.9 Å². The maximum atomic E-state index is 6.14. The van der Waals surface area contributed by atoms with Crippen LogP contribution in [-0.4, -0.2) is 33.2 Å². The van der Waals surface area contributed by atoms with Crippen LogP contribution in [0, 0.1) is 0 Å². The third kappa shape index (κ3) is 2.46. The van der Waals surface area contributed by atoms with Crippen LogP contribution in [0.3, 0.4) is 0 Å². The van der Waals surface area contributed by atoms with Gasteiger partial charge in [-0.1, -0.05) is 11.6 Å². The molecule has 0 atom stereocenters. The average Bonchev–Trinajstić information content (AvgIpc) is 2.98. The maximum Gasteiger partial charge on any atom is 0.141 e. The molecule has 0 N–H and O–H groups in total. The van der Waals surface area contributed by atoms with E-state index in [0.29, 0.717) is 10.7 Å². The lowest BCUT2D eigenvalue weighted by Gasteiger charge is -2.04. The highest BCUT2D eigenvalue weighted by Crippen LogP contribution is 2.23. The first-order chi connectivity index (χ1) is 9.76. The molecule has 0 unspecified atom stereocenters. The topological polar surface area (TPSA) is 65.2 Å². The monoisotopic (exact) mass is 287 g/mol. The Hall–Kier alpha value is -2.47. The molecule has 0 aliphatic heterocycles. The van der Waals surface area contributed by atoms with E-state index in [2.05, 4.69) is 20.3 Å². The fourth-order valence-electron chi connectivity index (χ4n) is 1.75. The Kier molecular flexibility index (Phi) is 3.30. The number of pyridine rings is 1. The molecule has 20 heavy (non-hydrogen) atoms. The molecule has 0 radical (unpaired) electrons. The Morgan fingerprint density at radius 1 is 1.25 bits per heavy atom. The van der Waals surface area contributed by atoms with Crippen molar-refractivity contribution in [3.05, 3.63) is 47.6 Å². The molecule has 0 aliphatic rings. The van der Waals surface area contributed by atoms with Gasteiger partial charge in [0.15, 0.2) is 0 Å². The lowest BCUT2D eigenvalue weighted by molar-refractivity contribution is 0.415. The summed E-state index contributed by atoms with van der Waals surface area (Å²) in [5.41, 5.74) is 1.51. The number of ether oxygens (including phenoxy) is 1. The van der Waals surface area contributed by atoms with Crippen LogP contribution in [0.5, 0.6) is 5.75 Å². The van der Waals surface area contributed by atoms with E-state index in [0.717, 1.165) is 16.7 Å². The Bertz CT molecular complexity index is 770. The van der Waals surface area contributed by atoms with Crippen LogP contribution in [0.1, 0.15) is 5.56 Å². The number of rotatable bonds is 3. The van der Waals surface area contributed by atoms with Gasteiger partial charge in [0.1, 0.15) is 23.6 Å². The zero-order chi connectivity index (χ0) is 13.9. The molecule has 2 heterocycles. The van der Waals surface area contributed by atoms with Crippen LogP contribution < -0.4 is 4.74 Å². The number of halogens is 1. The van der Waals surface area contributed by atoms with Gasteiger partial charge in [0.2, 0.25) is 0 Å². The van der Waals surface area contributed by atoms with Crippen LogP contribution in [0.4, 0.5) is 0 Å². The number of fused-ring (bicyclic) bond motifs is 1. The summed E-state index contributed by atoms with van der Waals surface area (Å²) in [6.07, 6.45) is 4.58. The molecule has 1 aromatic carbocycles. The molecule has 7 heteroatoms. The highest BCUT2D eigenvalue weighted by Gasteiger charge is 2.04. The minimum atomic E-state index is 0.388. The minimum absolute atomic E-state index is 0.388. The number of nitrogens with zero attached hydrogens (tertiary/aromatic N) is 5. The van der Waals surface area contributed by atoms with Crippen molar-refractivity contribution in [1.29, 1.82) is 0 Å². The van der Waals surface area contributed by atoms with Gasteiger partial charge in [-0.2, -0.15) is 5.10 Å². The summed E-state index contributed by atoms with van der Waals surface area (Å²) in [4.78, 5) is 4.33. The summed E-state index contributed by atoms with van der Waals surface area (Å²) < 4.78 is 6.67. The molecule has 0 fully saturated rings. The van der Waals surface area contributed by atoms with Gasteiger partial charge in [-0.15, -0.1) is 10.2 Å². The van der Waals surface area contributed by atoms with Crippen molar-refractivity contribution in [2.45, 2.75) is 0 Å². The third-order valence-corrected chi connectivity index (χ3v) is 3.04. The van der Waals surface area contributed by atoms with E-state index in [1.165, 1.54) is 17.3 Å². The van der Waals surface area contributed by atoms with Gasteiger partial charge in [-0.3, -0.25) is 0 Å². The molecule has 0 saturated heterocycles. The van der Waals surface area contributed by atoms with E-state index in [1.807, 2.05) is 24.3 Å². The van der Waals surface area contributed by atoms with Gasteiger partial charge < -0.3 is 4.74 Å². The summed E-state index contributed by atoms with van der Waals surface area (Å²) in [6, 6.07) is 7.51. The SMILES string of the molecule is COc1ccc2nc(Cl)c(/C=N\n3cnnc3)cc2c1. The second-order valence-corrected chi connectivity index (χ2v) is 4.37. The molecule has 6 nitrogen and oxygen atoms in total. The van der Waals surface area contributed by atoms with E-state index >= 15 is 0 Å². The smallest absolute Gasteiger partial charge is 0.141 e. The van der Waals surface area contributed by atoms with E-state index in [1.54, 1.807) is 13.3 Å². The number of methoxy groups -OCH3 is 1. The predicted molar refractivity (Wildman–Crippen MR) is 76.3 cm³/mol. The summed E-state index contributed by atoms with van der Waals surface area (Å²) in [7, 11) is 1.62. The van der Waals surface area contributed by atoms with Gasteiger partial charge in [0.05, 0.1) is 18.8 Å². The molecule has 100 valence electrons. The first-order valence-electron chi connectivity index (χ1n) is 5.79. The normalized spacial score (nSPS) is 11.3. The lowest BCUT2D eigenvalue weighted by Crippen LogP contribution is -1.92. The molecule has 0 amide bonds. The number of benzene rings is 1. The van der Waals surface area contributed by atoms with Crippen molar-refractivity contribution >= 4 is 28.7 Å². The van der Waals surface area contributed by atoms with Gasteiger partial charge in [0, 0.05) is 10.9 Å². The Labute approximate surface area is 119 Å². The minimum Gasteiger partial charge on any atom is -0.497 e. The van der Waals surface area contributed by atoms with Crippen LogP contribution >= 0.6 is 11.6 Å². The fourth-order valence-corrected chi connectivity index (χ4v) is 1.94. The van der Waals surface area contributed by atoms with E-state index in [-0.39, 0.29) is 0 Å². The summed E-state index contributed by atoms with van der Waals surface area (Å²) >= 11 is 6.14. The Morgan fingerprint density at radius 3 is 2.80 bits per heavy atom. The molecular formula is C13H10ClN5O. The number of aromatic nitrogens is 4. The molecule has 2 aromatic heterocycles. The molecule has 3 aromatic rings. The number of hydrogen-bond acceptors (Lipinski definition) is 5. The zero-order valence-electron chi connectivity index (χ0n) is 10.6. The highest BCUT2D eigenvalue weighted by molar-refractivity contribution is 6.32. The van der Waals surface area contributed by atoms with Crippen LogP contribution in [0.25, 0.3) is 10.9 Å². The first kappa shape index (κ1) is 12.6. The van der Waals surface area contributed by atoms with E-state index in [4.69, 9.17) is 16.3 Å². The summed E-state index contributed by atoms with van der Waals surface area (Å²) in [5, 5.41) is 12.8. The number of hydrogen-bond donors (Lipinski definition) is 0. The maximum absolute atomic E-state index is 6.14. The largest absolute Gasteiger partial charge is 0.497 e. The van der Waals surface area contributed by atoms with Crippen LogP contribution in [-0.2, 0) is 0 Å². The first-order valence-corrected chi connectivity index (χ1v) is 6.17. The van der Waals surface area contributed by atoms with Gasteiger partial charge >= 0.3 is 0 Å². The van der Waals surface area contributed by atoms with Crippen molar-refractivity contribution in [3.8, 4) is 5.75 Å². The molecule has 3 rings (SSSR count). The molecule has 0 bridgehead atoms. The van der Waals surface area contributed by atoms with Crippen LogP contribution in [0.15, 0.2) is 42.0 Å². The molecule has 0 spiro atoms. The second-order valence-electron chi connectivity index (χ2n) is 4.01. The quantitative estimate of drug-likeness (QED) is 0.548. The van der Waals surface area contributed by atoms with Crippen molar-refractivity contribution in [2.24, 2.45) is 5.10 Å². The van der Waals surface area contributed by atoms with Gasteiger partial charge in [0.25, 0.3) is 0 Å². The predicted octanol–water partition coefficient (Wildman–Crippen LogP) is 2.37. The van der Waals surface area contributed by atoms with Gasteiger partial charge in [-0.25, -0.2) is 9.66 Å². The highest BCUT2D eigenvalue weighted by atomic mass is 35.5. The Balaban J connectivity index is 2.04. The third-order valence-electron chi connectivity index (χ3n) is 2.74. The van der Waals surface area contributed by atoms with Crippen LogP contribution in [0.2, 0.25) is 5.15 Å². The second kappa shape index (κ2) is 5.26. The molecular weight excluding hydrogens is 278 g/mol. The Morgan fingerprint density at radius 2 is 2.05 bits per heavy atom. The van der Waals surface area contributed by atoms with Crippen molar-refractivity contribution in [3.63, 3.8) is 0 Å².